The normalized spacial score (nSPS) is 12.4. The molecular formula is C17H16ClNS2. The standard InChI is InChI=1S/C17H16ClNS2/c18-14-7-5-13(6-8-14)12-19-16(17-4-2-10-21-17)11-15-3-1-9-20-15/h1-10,16,19H,11-12H2. The number of hydrogen-bond donors (Lipinski definition) is 1. The highest BCUT2D eigenvalue weighted by atomic mass is 35.5. The van der Waals surface area contributed by atoms with Crippen LogP contribution >= 0.6 is 34.3 Å². The fourth-order valence-electron chi connectivity index (χ4n) is 2.24. The highest BCUT2D eigenvalue weighted by Crippen LogP contribution is 2.25. The van der Waals surface area contributed by atoms with Gasteiger partial charge < -0.3 is 5.32 Å². The summed E-state index contributed by atoms with van der Waals surface area (Å²) in [6.45, 7) is 0.852. The largest absolute Gasteiger partial charge is 0.305 e. The topological polar surface area (TPSA) is 12.0 Å². The van der Waals surface area contributed by atoms with Gasteiger partial charge in [-0.05, 0) is 40.6 Å². The molecule has 4 heteroatoms. The molecule has 0 amide bonds. The molecule has 0 aliphatic carbocycles. The zero-order valence-corrected chi connectivity index (χ0v) is 13.8. The molecule has 0 saturated carbocycles. The third kappa shape index (κ3) is 4.17. The van der Waals surface area contributed by atoms with Crippen molar-refractivity contribution in [1.29, 1.82) is 0 Å². The first-order valence-electron chi connectivity index (χ1n) is 6.85. The summed E-state index contributed by atoms with van der Waals surface area (Å²) in [6.07, 6.45) is 1.03. The molecule has 1 atom stereocenters. The lowest BCUT2D eigenvalue weighted by atomic mass is 10.1. The molecule has 0 aliphatic rings. The van der Waals surface area contributed by atoms with Gasteiger partial charge in [0.05, 0.1) is 0 Å². The lowest BCUT2D eigenvalue weighted by molar-refractivity contribution is 0.541. The van der Waals surface area contributed by atoms with Gasteiger partial charge in [0, 0.05) is 33.8 Å². The molecule has 0 spiro atoms. The minimum absolute atomic E-state index is 0.360. The van der Waals surface area contributed by atoms with Gasteiger partial charge in [0.15, 0.2) is 0 Å². The molecule has 2 aromatic heterocycles. The van der Waals surface area contributed by atoms with Crippen LogP contribution in [0, 0.1) is 0 Å². The molecule has 3 rings (SSSR count). The Balaban J connectivity index is 1.69. The van der Waals surface area contributed by atoms with Crippen molar-refractivity contribution in [2.45, 2.75) is 19.0 Å². The van der Waals surface area contributed by atoms with Crippen LogP contribution in [-0.2, 0) is 13.0 Å². The summed E-state index contributed by atoms with van der Waals surface area (Å²) in [7, 11) is 0. The van der Waals surface area contributed by atoms with Crippen LogP contribution in [0.4, 0.5) is 0 Å². The van der Waals surface area contributed by atoms with Gasteiger partial charge in [-0.25, -0.2) is 0 Å². The average molecular weight is 334 g/mol. The van der Waals surface area contributed by atoms with Crippen LogP contribution in [-0.4, -0.2) is 0 Å². The summed E-state index contributed by atoms with van der Waals surface area (Å²) >= 11 is 9.56. The molecule has 108 valence electrons. The predicted molar refractivity (Wildman–Crippen MR) is 93.4 cm³/mol. The second-order valence-electron chi connectivity index (χ2n) is 4.86. The number of thiophene rings is 2. The second-order valence-corrected chi connectivity index (χ2v) is 7.31. The van der Waals surface area contributed by atoms with Gasteiger partial charge in [0.1, 0.15) is 0 Å². The molecule has 2 heterocycles. The molecule has 0 saturated heterocycles. The monoisotopic (exact) mass is 333 g/mol. The zero-order chi connectivity index (χ0) is 14.5. The van der Waals surface area contributed by atoms with E-state index in [9.17, 15) is 0 Å². The molecule has 1 N–H and O–H groups in total. The number of halogens is 1. The molecule has 0 fully saturated rings. The van der Waals surface area contributed by atoms with Crippen molar-refractivity contribution in [1.82, 2.24) is 5.32 Å². The van der Waals surface area contributed by atoms with Crippen LogP contribution < -0.4 is 5.32 Å². The van der Waals surface area contributed by atoms with Crippen molar-refractivity contribution in [3.8, 4) is 0 Å². The Labute approximate surface area is 138 Å². The number of benzene rings is 1. The van der Waals surface area contributed by atoms with Crippen LogP contribution in [0.3, 0.4) is 0 Å². The van der Waals surface area contributed by atoms with E-state index in [2.05, 4.69) is 52.5 Å². The Morgan fingerprint density at radius 1 is 0.952 bits per heavy atom. The van der Waals surface area contributed by atoms with E-state index in [0.717, 1.165) is 18.0 Å². The van der Waals surface area contributed by atoms with E-state index < -0.39 is 0 Å². The second kappa shape index (κ2) is 7.23. The Morgan fingerprint density at radius 2 is 1.71 bits per heavy atom. The van der Waals surface area contributed by atoms with Crippen LogP contribution in [0.15, 0.2) is 59.3 Å². The van der Waals surface area contributed by atoms with Crippen molar-refractivity contribution in [3.05, 3.63) is 79.6 Å². The van der Waals surface area contributed by atoms with Crippen LogP contribution in [0.2, 0.25) is 5.02 Å². The minimum atomic E-state index is 0.360. The fourth-order valence-corrected chi connectivity index (χ4v) is 3.92. The van der Waals surface area contributed by atoms with E-state index in [0.29, 0.717) is 6.04 Å². The first kappa shape index (κ1) is 14.8. The molecule has 3 aromatic rings. The van der Waals surface area contributed by atoms with Crippen LogP contribution in [0.25, 0.3) is 0 Å². The van der Waals surface area contributed by atoms with Crippen molar-refractivity contribution in [2.75, 3.05) is 0 Å². The van der Waals surface area contributed by atoms with E-state index in [1.807, 2.05) is 34.8 Å². The van der Waals surface area contributed by atoms with E-state index in [1.54, 1.807) is 0 Å². The highest BCUT2D eigenvalue weighted by molar-refractivity contribution is 7.10. The summed E-state index contributed by atoms with van der Waals surface area (Å²) in [6, 6.07) is 17.0. The average Bonchev–Trinajstić information content (AvgIpc) is 3.18. The summed E-state index contributed by atoms with van der Waals surface area (Å²) in [5, 5.41) is 8.73. The maximum Gasteiger partial charge on any atom is 0.0466 e. The molecule has 1 aromatic carbocycles. The Kier molecular flexibility index (Phi) is 5.09. The van der Waals surface area contributed by atoms with Crippen molar-refractivity contribution in [2.24, 2.45) is 0 Å². The van der Waals surface area contributed by atoms with Gasteiger partial charge in [-0.15, -0.1) is 22.7 Å². The SMILES string of the molecule is Clc1ccc(CNC(Cc2cccs2)c2cccs2)cc1. The molecule has 0 radical (unpaired) electrons. The van der Waals surface area contributed by atoms with Crippen LogP contribution in [0.1, 0.15) is 21.4 Å². The van der Waals surface area contributed by atoms with E-state index in [1.165, 1.54) is 15.3 Å². The van der Waals surface area contributed by atoms with Crippen molar-refractivity contribution in [3.63, 3.8) is 0 Å². The third-order valence-electron chi connectivity index (χ3n) is 3.34. The summed E-state index contributed by atoms with van der Waals surface area (Å²) in [5.74, 6) is 0. The molecular weight excluding hydrogens is 318 g/mol. The predicted octanol–water partition coefficient (Wildman–Crippen LogP) is 5.54. The maximum atomic E-state index is 5.93. The maximum absolute atomic E-state index is 5.93. The van der Waals surface area contributed by atoms with E-state index >= 15 is 0 Å². The number of rotatable bonds is 6. The molecule has 21 heavy (non-hydrogen) atoms. The van der Waals surface area contributed by atoms with Gasteiger partial charge in [-0.2, -0.15) is 0 Å². The lowest BCUT2D eigenvalue weighted by Crippen LogP contribution is -2.21. The number of hydrogen-bond acceptors (Lipinski definition) is 3. The van der Waals surface area contributed by atoms with Gasteiger partial charge >= 0.3 is 0 Å². The lowest BCUT2D eigenvalue weighted by Gasteiger charge is -2.17. The molecule has 1 nitrogen and oxygen atoms in total. The fraction of sp³-hybridized carbons (Fsp3) is 0.176. The molecule has 1 unspecified atom stereocenters. The van der Waals surface area contributed by atoms with Crippen molar-refractivity contribution >= 4 is 34.3 Å². The smallest absolute Gasteiger partial charge is 0.0466 e. The number of nitrogens with one attached hydrogen (secondary N) is 1. The zero-order valence-electron chi connectivity index (χ0n) is 11.5. The Bertz CT molecular complexity index is 645. The van der Waals surface area contributed by atoms with Gasteiger partial charge in [-0.3, -0.25) is 0 Å². The van der Waals surface area contributed by atoms with Gasteiger partial charge in [0.25, 0.3) is 0 Å². The minimum Gasteiger partial charge on any atom is -0.305 e. The van der Waals surface area contributed by atoms with E-state index in [-0.39, 0.29) is 0 Å². The first-order valence-corrected chi connectivity index (χ1v) is 8.98. The van der Waals surface area contributed by atoms with Crippen molar-refractivity contribution < 1.29 is 0 Å². The first-order chi connectivity index (χ1) is 10.3. The van der Waals surface area contributed by atoms with Gasteiger partial charge in [-0.1, -0.05) is 35.9 Å². The quantitative estimate of drug-likeness (QED) is 0.624. The summed E-state index contributed by atoms with van der Waals surface area (Å²) in [5.41, 5.74) is 1.26. The Morgan fingerprint density at radius 3 is 2.38 bits per heavy atom. The Hall–Kier alpha value is -1.13. The van der Waals surface area contributed by atoms with Gasteiger partial charge in [0.2, 0.25) is 0 Å². The summed E-state index contributed by atoms with van der Waals surface area (Å²) < 4.78 is 0. The van der Waals surface area contributed by atoms with E-state index in [4.69, 9.17) is 11.6 Å². The molecule has 0 aliphatic heterocycles. The third-order valence-corrected chi connectivity index (χ3v) is 5.47. The molecule has 0 bridgehead atoms. The summed E-state index contributed by atoms with van der Waals surface area (Å²) in [4.78, 5) is 2.80. The van der Waals surface area contributed by atoms with Crippen LogP contribution in [0.5, 0.6) is 0 Å². The highest BCUT2D eigenvalue weighted by Gasteiger charge is 2.13.